The molecule has 0 saturated carbocycles. The molecular formula is C31H34N2O6. The van der Waals surface area contributed by atoms with Gasteiger partial charge in [0.25, 0.3) is 0 Å². The first kappa shape index (κ1) is 27.9. The predicted octanol–water partition coefficient (Wildman–Crippen LogP) is 3.25. The number of carbonyl (C=O) groups excluding carboxylic acids is 3. The van der Waals surface area contributed by atoms with Gasteiger partial charge >= 0.3 is 5.97 Å². The number of piperidine rings is 3. The van der Waals surface area contributed by atoms with E-state index in [0.717, 1.165) is 48.5 Å². The van der Waals surface area contributed by atoms with E-state index in [1.165, 1.54) is 0 Å². The highest BCUT2D eigenvalue weighted by Gasteiger charge is 2.49. The summed E-state index contributed by atoms with van der Waals surface area (Å²) in [6.45, 7) is 2.56. The highest BCUT2D eigenvalue weighted by Crippen LogP contribution is 2.37. The number of carbonyl (C=O) groups is 3. The van der Waals surface area contributed by atoms with Crippen LogP contribution in [0, 0.1) is 5.92 Å². The smallest absolute Gasteiger partial charge is 0.333 e. The summed E-state index contributed by atoms with van der Waals surface area (Å²) in [6.07, 6.45) is 1.75. The summed E-state index contributed by atoms with van der Waals surface area (Å²) in [5.41, 5.74) is 2.41. The Morgan fingerprint density at radius 3 is 2.15 bits per heavy atom. The molecule has 3 aliphatic heterocycles. The Bertz CT molecular complexity index is 1220. The van der Waals surface area contributed by atoms with Gasteiger partial charge in [-0.15, -0.1) is 0 Å². The number of anilines is 1. The van der Waals surface area contributed by atoms with Crippen molar-refractivity contribution < 1.29 is 33.4 Å². The molecule has 3 heterocycles. The highest BCUT2D eigenvalue weighted by molar-refractivity contribution is 5.97. The minimum absolute atomic E-state index is 0.155. The number of fused-ring (bicyclic) bond motifs is 3. The van der Waals surface area contributed by atoms with Gasteiger partial charge in [0, 0.05) is 36.5 Å². The number of methoxy groups -OCH3 is 1. The van der Waals surface area contributed by atoms with E-state index in [0.29, 0.717) is 23.5 Å². The Balaban J connectivity index is 0.00000112. The molecule has 0 spiro atoms. The van der Waals surface area contributed by atoms with Crippen LogP contribution in [-0.4, -0.2) is 62.1 Å². The standard InChI is InChI=1S/C30H33N2O4.CH2O2/c1-35-26-14-12-24(13-15-26)29(31-25-10-6-3-7-11-25)30(34)36-28-21-32(18-16-23(28)17-19-32)20-27(33)22-8-4-2-5-9-22;2-1-3/h2-15,23,28-29,31H,16-21H2,1H3;1H,(H,2,3)/q+1;/p-1/t23?,28-,29?,32?;/m0./s1. The highest BCUT2D eigenvalue weighted by atomic mass is 16.5. The van der Waals surface area contributed by atoms with Crippen LogP contribution in [0.2, 0.25) is 0 Å². The molecule has 2 atom stereocenters. The number of ether oxygens (including phenoxy) is 2. The number of Topliss-reactive ketones (excluding diaryl/α,β-unsaturated/α-hetero) is 1. The van der Waals surface area contributed by atoms with Crippen molar-refractivity contribution in [3.05, 3.63) is 96.1 Å². The SMILES string of the molecule is COc1ccc(C(Nc2ccccc2)C(=O)O[C@H]2C[N+]3(CC(=O)c4ccccc4)CCC2CC3)cc1.O=C[O-]. The Hall–Kier alpha value is -4.17. The zero-order chi connectivity index (χ0) is 27.7. The number of ketones is 1. The Labute approximate surface area is 228 Å². The maximum atomic E-state index is 13.6. The summed E-state index contributed by atoms with van der Waals surface area (Å²) >= 11 is 0. The number of esters is 1. The van der Waals surface area contributed by atoms with E-state index in [1.54, 1.807) is 7.11 Å². The summed E-state index contributed by atoms with van der Waals surface area (Å²) < 4.78 is 12.2. The van der Waals surface area contributed by atoms with Crippen molar-refractivity contribution in [1.29, 1.82) is 0 Å². The molecule has 3 aliphatic rings. The summed E-state index contributed by atoms with van der Waals surface area (Å²) in [4.78, 5) is 34.9. The van der Waals surface area contributed by atoms with E-state index in [4.69, 9.17) is 19.4 Å². The van der Waals surface area contributed by atoms with E-state index in [-0.39, 0.29) is 17.9 Å². The third-order valence-corrected chi connectivity index (χ3v) is 7.65. The van der Waals surface area contributed by atoms with Crippen molar-refractivity contribution in [3.63, 3.8) is 0 Å². The van der Waals surface area contributed by atoms with Gasteiger partial charge in [-0.1, -0.05) is 60.7 Å². The number of nitrogens with zero attached hydrogens (tertiary/aromatic N) is 1. The Kier molecular flexibility index (Phi) is 9.33. The molecule has 3 saturated heterocycles. The number of quaternary nitrogens is 1. The van der Waals surface area contributed by atoms with Crippen LogP contribution in [0.15, 0.2) is 84.9 Å². The number of para-hydroxylation sites is 1. The number of hydrogen-bond acceptors (Lipinski definition) is 7. The molecule has 8 heteroatoms. The molecule has 0 aromatic heterocycles. The third kappa shape index (κ3) is 7.03. The number of carboxylic acid groups (broad SMARTS) is 1. The van der Waals surface area contributed by atoms with Gasteiger partial charge in [0.2, 0.25) is 5.78 Å². The molecule has 0 amide bonds. The molecule has 204 valence electrons. The normalized spacial score (nSPS) is 22.0. The van der Waals surface area contributed by atoms with Crippen LogP contribution in [0.25, 0.3) is 0 Å². The number of rotatable bonds is 9. The molecule has 6 rings (SSSR count). The van der Waals surface area contributed by atoms with Crippen LogP contribution in [0.3, 0.4) is 0 Å². The van der Waals surface area contributed by atoms with Crippen molar-refractivity contribution in [2.75, 3.05) is 38.6 Å². The van der Waals surface area contributed by atoms with Gasteiger partial charge in [0.05, 0.1) is 20.2 Å². The number of hydrogen-bond donors (Lipinski definition) is 1. The van der Waals surface area contributed by atoms with E-state index >= 15 is 0 Å². The van der Waals surface area contributed by atoms with Gasteiger partial charge in [-0.25, -0.2) is 4.79 Å². The predicted molar refractivity (Wildman–Crippen MR) is 145 cm³/mol. The van der Waals surface area contributed by atoms with Crippen molar-refractivity contribution in [1.82, 2.24) is 0 Å². The van der Waals surface area contributed by atoms with E-state index in [2.05, 4.69) is 5.32 Å². The van der Waals surface area contributed by atoms with Crippen molar-refractivity contribution in [3.8, 4) is 5.75 Å². The lowest BCUT2D eigenvalue weighted by Crippen LogP contribution is -2.65. The molecule has 8 nitrogen and oxygen atoms in total. The second-order valence-electron chi connectivity index (χ2n) is 10.0. The van der Waals surface area contributed by atoms with E-state index in [9.17, 15) is 9.59 Å². The lowest BCUT2D eigenvalue weighted by molar-refractivity contribution is -0.938. The van der Waals surface area contributed by atoms with Gasteiger partial charge in [-0.3, -0.25) is 4.79 Å². The Morgan fingerprint density at radius 1 is 0.974 bits per heavy atom. The topological polar surface area (TPSA) is 105 Å². The van der Waals surface area contributed by atoms with Crippen LogP contribution in [-0.2, 0) is 14.3 Å². The van der Waals surface area contributed by atoms with E-state index in [1.807, 2.05) is 84.9 Å². The maximum absolute atomic E-state index is 13.6. The van der Waals surface area contributed by atoms with Gasteiger partial charge in [-0.2, -0.15) is 0 Å². The number of benzene rings is 3. The van der Waals surface area contributed by atoms with Gasteiger partial charge in [0.1, 0.15) is 18.8 Å². The summed E-state index contributed by atoms with van der Waals surface area (Å²) in [5, 5.41) is 11.6. The molecule has 0 radical (unpaired) electrons. The first-order valence-electron chi connectivity index (χ1n) is 13.1. The second-order valence-corrected chi connectivity index (χ2v) is 10.0. The molecule has 1 N–H and O–H groups in total. The molecule has 3 aromatic rings. The minimum atomic E-state index is -0.645. The summed E-state index contributed by atoms with van der Waals surface area (Å²) in [5.74, 6) is 0.935. The molecule has 2 bridgehead atoms. The molecule has 3 fully saturated rings. The van der Waals surface area contributed by atoms with Gasteiger partial charge in [0.15, 0.2) is 12.1 Å². The fraction of sp³-hybridized carbons (Fsp3) is 0.323. The quantitative estimate of drug-likeness (QED) is 0.196. The molecule has 0 aliphatic carbocycles. The average Bonchev–Trinajstić information content (AvgIpc) is 2.98. The largest absolute Gasteiger partial charge is 0.554 e. The van der Waals surface area contributed by atoms with Crippen LogP contribution in [0.1, 0.15) is 34.8 Å². The van der Waals surface area contributed by atoms with Crippen LogP contribution in [0.4, 0.5) is 5.69 Å². The first-order valence-corrected chi connectivity index (χ1v) is 13.1. The first-order chi connectivity index (χ1) is 19.0. The monoisotopic (exact) mass is 530 g/mol. The van der Waals surface area contributed by atoms with Gasteiger partial charge < -0.3 is 29.2 Å². The molecular weight excluding hydrogens is 496 g/mol. The van der Waals surface area contributed by atoms with E-state index < -0.39 is 12.5 Å². The zero-order valence-corrected chi connectivity index (χ0v) is 22.0. The van der Waals surface area contributed by atoms with Crippen LogP contribution >= 0.6 is 0 Å². The fourth-order valence-corrected chi connectivity index (χ4v) is 5.59. The maximum Gasteiger partial charge on any atom is 0.333 e. The van der Waals surface area contributed by atoms with Crippen molar-refractivity contribution in [2.45, 2.75) is 25.0 Å². The lowest BCUT2D eigenvalue weighted by atomic mass is 9.82. The second kappa shape index (κ2) is 13.1. The van der Waals surface area contributed by atoms with Crippen molar-refractivity contribution in [2.24, 2.45) is 5.92 Å². The summed E-state index contributed by atoms with van der Waals surface area (Å²) in [6, 6.07) is 26.0. The van der Waals surface area contributed by atoms with Crippen molar-refractivity contribution >= 4 is 23.9 Å². The molecule has 3 aromatic carbocycles. The average molecular weight is 531 g/mol. The summed E-state index contributed by atoms with van der Waals surface area (Å²) in [7, 11) is 1.62. The molecule has 1 unspecified atom stereocenters. The zero-order valence-electron chi connectivity index (χ0n) is 22.0. The van der Waals surface area contributed by atoms with Crippen LogP contribution in [0.5, 0.6) is 5.75 Å². The number of nitrogens with one attached hydrogen (secondary N) is 1. The van der Waals surface area contributed by atoms with Crippen LogP contribution < -0.4 is 15.2 Å². The Morgan fingerprint density at radius 2 is 1.56 bits per heavy atom. The van der Waals surface area contributed by atoms with Gasteiger partial charge in [-0.05, 0) is 29.8 Å². The third-order valence-electron chi connectivity index (χ3n) is 7.65. The lowest BCUT2D eigenvalue weighted by Gasteiger charge is -2.51. The minimum Gasteiger partial charge on any atom is -0.554 e. The molecule has 39 heavy (non-hydrogen) atoms. The fourth-order valence-electron chi connectivity index (χ4n) is 5.59.